The van der Waals surface area contributed by atoms with Crippen LogP contribution in [-0.4, -0.2) is 19.2 Å². The fourth-order valence-corrected chi connectivity index (χ4v) is 2.25. The third kappa shape index (κ3) is 3.59. The number of hydrogen-bond acceptors (Lipinski definition) is 2. The second-order valence-corrected chi connectivity index (χ2v) is 4.82. The summed E-state index contributed by atoms with van der Waals surface area (Å²) in [6.45, 7) is 2.84. The Kier molecular flexibility index (Phi) is 4.18. The summed E-state index contributed by atoms with van der Waals surface area (Å²) < 4.78 is 6.96. The van der Waals surface area contributed by atoms with Gasteiger partial charge in [0.1, 0.15) is 0 Å². The second kappa shape index (κ2) is 5.64. The number of rotatable bonds is 3. The van der Waals surface area contributed by atoms with Gasteiger partial charge in [-0.2, -0.15) is 0 Å². The Morgan fingerprint density at radius 2 is 2.40 bits per heavy atom. The van der Waals surface area contributed by atoms with Gasteiger partial charge >= 0.3 is 0 Å². The van der Waals surface area contributed by atoms with Crippen LogP contribution in [0.25, 0.3) is 0 Å². The lowest BCUT2D eigenvalue weighted by Gasteiger charge is -2.23. The van der Waals surface area contributed by atoms with E-state index in [0.29, 0.717) is 12.7 Å². The van der Waals surface area contributed by atoms with Crippen molar-refractivity contribution in [3.63, 3.8) is 0 Å². The Morgan fingerprint density at radius 1 is 1.47 bits per heavy atom. The summed E-state index contributed by atoms with van der Waals surface area (Å²) in [5, 5.41) is 3.35. The van der Waals surface area contributed by atoms with Crippen molar-refractivity contribution in [3.8, 4) is 0 Å². The van der Waals surface area contributed by atoms with Gasteiger partial charge < -0.3 is 10.1 Å². The van der Waals surface area contributed by atoms with Crippen molar-refractivity contribution in [3.05, 3.63) is 34.3 Å². The first kappa shape index (κ1) is 11.1. The van der Waals surface area contributed by atoms with Crippen LogP contribution in [0.5, 0.6) is 0 Å². The molecular formula is C12H16BrNO. The molecule has 0 amide bonds. The molecule has 82 valence electrons. The number of ether oxygens (including phenoxy) is 1. The molecule has 1 N–H and O–H groups in total. The summed E-state index contributed by atoms with van der Waals surface area (Å²) in [5.74, 6) is 0. The molecule has 2 nitrogen and oxygen atoms in total. The van der Waals surface area contributed by atoms with E-state index in [1.807, 2.05) is 12.1 Å². The quantitative estimate of drug-likeness (QED) is 0.911. The third-order valence-electron chi connectivity index (χ3n) is 2.63. The molecule has 1 heterocycles. The Labute approximate surface area is 99.1 Å². The molecule has 1 unspecified atom stereocenters. The van der Waals surface area contributed by atoms with Gasteiger partial charge in [0.25, 0.3) is 0 Å². The fraction of sp³-hybridized carbons (Fsp3) is 0.500. The van der Waals surface area contributed by atoms with E-state index in [1.165, 1.54) is 18.4 Å². The first-order valence-corrected chi connectivity index (χ1v) is 6.20. The molecule has 1 aliphatic heterocycles. The molecule has 1 fully saturated rings. The van der Waals surface area contributed by atoms with Crippen LogP contribution in [0.3, 0.4) is 0 Å². The molecule has 1 aromatic rings. The van der Waals surface area contributed by atoms with Gasteiger partial charge in [-0.1, -0.05) is 28.1 Å². The van der Waals surface area contributed by atoms with E-state index in [2.05, 4.69) is 33.4 Å². The maximum atomic E-state index is 5.84. The Hall–Kier alpha value is -0.380. The van der Waals surface area contributed by atoms with Crippen molar-refractivity contribution in [2.45, 2.75) is 25.6 Å². The molecule has 0 saturated carbocycles. The minimum absolute atomic E-state index is 0.387. The van der Waals surface area contributed by atoms with Gasteiger partial charge in [-0.3, -0.25) is 0 Å². The molecule has 0 aliphatic carbocycles. The highest BCUT2D eigenvalue weighted by Gasteiger charge is 2.12. The van der Waals surface area contributed by atoms with Crippen molar-refractivity contribution in [2.24, 2.45) is 0 Å². The Morgan fingerprint density at radius 3 is 3.13 bits per heavy atom. The topological polar surface area (TPSA) is 21.3 Å². The van der Waals surface area contributed by atoms with Gasteiger partial charge in [0.05, 0.1) is 12.7 Å². The molecular weight excluding hydrogens is 254 g/mol. The first-order valence-electron chi connectivity index (χ1n) is 5.41. The molecule has 0 radical (unpaired) electrons. The second-order valence-electron chi connectivity index (χ2n) is 3.91. The largest absolute Gasteiger partial charge is 0.372 e. The van der Waals surface area contributed by atoms with Crippen molar-refractivity contribution in [1.29, 1.82) is 0 Å². The Bertz CT molecular complexity index is 310. The molecule has 0 bridgehead atoms. The van der Waals surface area contributed by atoms with E-state index in [0.717, 1.165) is 17.6 Å². The molecule has 1 aromatic carbocycles. The van der Waals surface area contributed by atoms with Crippen LogP contribution in [0.1, 0.15) is 18.4 Å². The molecule has 3 heteroatoms. The third-order valence-corrected chi connectivity index (χ3v) is 3.12. The lowest BCUT2D eigenvalue weighted by molar-refractivity contribution is 0.0253. The molecule has 15 heavy (non-hydrogen) atoms. The molecule has 1 atom stereocenters. The highest BCUT2D eigenvalue weighted by molar-refractivity contribution is 9.10. The SMILES string of the molecule is Brc1cccc(COC2CCCNC2)c1. The maximum absolute atomic E-state index is 5.84. The van der Waals surface area contributed by atoms with E-state index in [4.69, 9.17) is 4.74 Å². The molecule has 1 aliphatic rings. The van der Waals surface area contributed by atoms with Crippen LogP contribution in [0, 0.1) is 0 Å². The monoisotopic (exact) mass is 269 g/mol. The van der Waals surface area contributed by atoms with Crippen LogP contribution in [-0.2, 0) is 11.3 Å². The first-order chi connectivity index (χ1) is 7.34. The van der Waals surface area contributed by atoms with Crippen molar-refractivity contribution in [1.82, 2.24) is 5.32 Å². The lowest BCUT2D eigenvalue weighted by atomic mass is 10.1. The fourth-order valence-electron chi connectivity index (χ4n) is 1.80. The minimum atomic E-state index is 0.387. The molecule has 0 spiro atoms. The number of nitrogens with one attached hydrogen (secondary N) is 1. The minimum Gasteiger partial charge on any atom is -0.372 e. The smallest absolute Gasteiger partial charge is 0.0721 e. The zero-order valence-corrected chi connectivity index (χ0v) is 10.3. The van der Waals surface area contributed by atoms with E-state index < -0.39 is 0 Å². The van der Waals surface area contributed by atoms with Crippen LogP contribution in [0.4, 0.5) is 0 Å². The van der Waals surface area contributed by atoms with Gasteiger partial charge in [-0.05, 0) is 37.1 Å². The Balaban J connectivity index is 1.81. The van der Waals surface area contributed by atoms with Crippen molar-refractivity contribution in [2.75, 3.05) is 13.1 Å². The van der Waals surface area contributed by atoms with Crippen LogP contribution < -0.4 is 5.32 Å². The van der Waals surface area contributed by atoms with E-state index in [9.17, 15) is 0 Å². The van der Waals surface area contributed by atoms with E-state index >= 15 is 0 Å². The number of hydrogen-bond donors (Lipinski definition) is 1. The van der Waals surface area contributed by atoms with Gasteiger partial charge in [0, 0.05) is 11.0 Å². The number of piperidine rings is 1. The predicted molar refractivity (Wildman–Crippen MR) is 64.8 cm³/mol. The van der Waals surface area contributed by atoms with Crippen LogP contribution in [0.15, 0.2) is 28.7 Å². The summed E-state index contributed by atoms with van der Waals surface area (Å²) in [5.41, 5.74) is 1.23. The molecule has 1 saturated heterocycles. The van der Waals surface area contributed by atoms with Crippen LogP contribution in [0.2, 0.25) is 0 Å². The van der Waals surface area contributed by atoms with Crippen molar-refractivity contribution < 1.29 is 4.74 Å². The normalized spacial score (nSPS) is 21.5. The molecule has 0 aromatic heterocycles. The van der Waals surface area contributed by atoms with Gasteiger partial charge in [-0.15, -0.1) is 0 Å². The van der Waals surface area contributed by atoms with Gasteiger partial charge in [0.15, 0.2) is 0 Å². The highest BCUT2D eigenvalue weighted by Crippen LogP contribution is 2.14. The zero-order chi connectivity index (χ0) is 10.5. The average molecular weight is 270 g/mol. The van der Waals surface area contributed by atoms with E-state index in [1.54, 1.807) is 0 Å². The average Bonchev–Trinajstić information content (AvgIpc) is 2.28. The lowest BCUT2D eigenvalue weighted by Crippen LogP contribution is -2.35. The predicted octanol–water partition coefficient (Wildman–Crippen LogP) is 2.72. The van der Waals surface area contributed by atoms with Gasteiger partial charge in [0.2, 0.25) is 0 Å². The summed E-state index contributed by atoms with van der Waals surface area (Å²) in [6, 6.07) is 8.28. The number of benzene rings is 1. The number of halogens is 1. The van der Waals surface area contributed by atoms with E-state index in [-0.39, 0.29) is 0 Å². The maximum Gasteiger partial charge on any atom is 0.0721 e. The van der Waals surface area contributed by atoms with Gasteiger partial charge in [-0.25, -0.2) is 0 Å². The van der Waals surface area contributed by atoms with Crippen molar-refractivity contribution >= 4 is 15.9 Å². The zero-order valence-electron chi connectivity index (χ0n) is 8.71. The summed E-state index contributed by atoms with van der Waals surface area (Å²) in [6.07, 6.45) is 2.79. The molecule has 2 rings (SSSR count). The summed E-state index contributed by atoms with van der Waals surface area (Å²) in [4.78, 5) is 0. The standard InChI is InChI=1S/C12H16BrNO/c13-11-4-1-3-10(7-11)9-15-12-5-2-6-14-8-12/h1,3-4,7,12,14H,2,5-6,8-9H2. The highest BCUT2D eigenvalue weighted by atomic mass is 79.9. The van der Waals surface area contributed by atoms with Crippen LogP contribution >= 0.6 is 15.9 Å². The summed E-state index contributed by atoms with van der Waals surface area (Å²) >= 11 is 3.46. The summed E-state index contributed by atoms with van der Waals surface area (Å²) in [7, 11) is 0.